The third-order valence-electron chi connectivity index (χ3n) is 5.64. The molecule has 2 aromatic rings. The Bertz CT molecular complexity index is 744. The molecule has 1 saturated heterocycles. The molecule has 1 aromatic carbocycles. The van der Waals surface area contributed by atoms with Crippen LogP contribution in [0.5, 0.6) is 0 Å². The molecule has 0 unspecified atom stereocenters. The van der Waals surface area contributed by atoms with Crippen molar-refractivity contribution in [1.82, 2.24) is 20.2 Å². The second-order valence-corrected chi connectivity index (χ2v) is 7.96. The minimum absolute atomic E-state index is 0.328. The summed E-state index contributed by atoms with van der Waals surface area (Å²) in [5, 5.41) is 13.3. The lowest BCUT2D eigenvalue weighted by molar-refractivity contribution is -0.933. The highest BCUT2D eigenvalue weighted by Crippen LogP contribution is 2.24. The van der Waals surface area contributed by atoms with Crippen LogP contribution in [0.15, 0.2) is 18.2 Å². The Morgan fingerprint density at radius 2 is 2.07 bits per heavy atom. The van der Waals surface area contributed by atoms with Gasteiger partial charge in [0, 0.05) is 24.2 Å². The summed E-state index contributed by atoms with van der Waals surface area (Å²) < 4.78 is 7.14. The Hall–Kier alpha value is -1.70. The van der Waals surface area contributed by atoms with Gasteiger partial charge in [-0.05, 0) is 41.5 Å². The average molecular weight is 408 g/mol. The smallest absolute Gasteiger partial charge is 0.209 e. The van der Waals surface area contributed by atoms with Crippen LogP contribution < -0.4 is 9.80 Å². The number of hydrogen-bond donors (Lipinski definition) is 1. The molecular formula is C20H32ClN6O+. The lowest BCUT2D eigenvalue weighted by Gasteiger charge is -2.37. The van der Waals surface area contributed by atoms with Gasteiger partial charge in [0.2, 0.25) is 5.82 Å². The van der Waals surface area contributed by atoms with Crippen LogP contribution in [0.1, 0.15) is 43.6 Å². The highest BCUT2D eigenvalue weighted by Gasteiger charge is 2.32. The van der Waals surface area contributed by atoms with Crippen molar-refractivity contribution in [3.8, 4) is 0 Å². The van der Waals surface area contributed by atoms with Crippen LogP contribution in [0, 0.1) is 6.92 Å². The van der Waals surface area contributed by atoms with Gasteiger partial charge in [-0.3, -0.25) is 0 Å². The van der Waals surface area contributed by atoms with E-state index in [0.717, 1.165) is 43.4 Å². The topological polar surface area (TPSA) is 60.5 Å². The summed E-state index contributed by atoms with van der Waals surface area (Å²) in [6, 6.07) is 6.48. The molecule has 8 heteroatoms. The summed E-state index contributed by atoms with van der Waals surface area (Å²) in [7, 11) is 1.71. The molecule has 1 atom stereocenters. The molecule has 1 aromatic heterocycles. The molecule has 1 aliphatic rings. The first kappa shape index (κ1) is 21.0. The zero-order valence-electron chi connectivity index (χ0n) is 17.2. The van der Waals surface area contributed by atoms with Crippen LogP contribution in [0.25, 0.3) is 0 Å². The van der Waals surface area contributed by atoms with E-state index < -0.39 is 0 Å². The van der Waals surface area contributed by atoms with Crippen molar-refractivity contribution in [2.45, 2.75) is 45.7 Å². The van der Waals surface area contributed by atoms with Crippen molar-refractivity contribution in [2.24, 2.45) is 0 Å². The van der Waals surface area contributed by atoms with E-state index >= 15 is 0 Å². The van der Waals surface area contributed by atoms with E-state index in [1.165, 1.54) is 24.1 Å². The second kappa shape index (κ2) is 10.2. The van der Waals surface area contributed by atoms with Gasteiger partial charge in [0.25, 0.3) is 0 Å². The number of methoxy groups -OCH3 is 1. The fraction of sp³-hybridized carbons (Fsp3) is 0.650. The molecule has 7 nitrogen and oxygen atoms in total. The van der Waals surface area contributed by atoms with Crippen molar-refractivity contribution in [1.29, 1.82) is 0 Å². The highest BCUT2D eigenvalue weighted by molar-refractivity contribution is 6.30. The molecule has 0 saturated carbocycles. The van der Waals surface area contributed by atoms with Crippen LogP contribution >= 0.6 is 11.6 Å². The van der Waals surface area contributed by atoms with Crippen molar-refractivity contribution >= 4 is 17.3 Å². The van der Waals surface area contributed by atoms with Crippen LogP contribution in [0.4, 0.5) is 5.69 Å². The molecule has 0 amide bonds. The van der Waals surface area contributed by atoms with Gasteiger partial charge in [-0.25, -0.2) is 4.68 Å². The summed E-state index contributed by atoms with van der Waals surface area (Å²) in [6.45, 7) is 9.86. The lowest BCUT2D eigenvalue weighted by atomic mass is 10.1. The maximum absolute atomic E-state index is 6.23. The monoisotopic (exact) mass is 407 g/mol. The number of piperazine rings is 1. The van der Waals surface area contributed by atoms with Crippen molar-refractivity contribution in [3.05, 3.63) is 34.6 Å². The number of anilines is 1. The number of hydrogen-bond acceptors (Lipinski definition) is 5. The number of benzene rings is 1. The second-order valence-electron chi connectivity index (χ2n) is 7.52. The first-order valence-corrected chi connectivity index (χ1v) is 10.6. The Morgan fingerprint density at radius 1 is 1.29 bits per heavy atom. The molecule has 0 radical (unpaired) electrons. The molecule has 1 fully saturated rings. The maximum atomic E-state index is 6.23. The van der Waals surface area contributed by atoms with Crippen LogP contribution in [0.2, 0.25) is 5.02 Å². The highest BCUT2D eigenvalue weighted by atomic mass is 35.5. The molecule has 1 aliphatic heterocycles. The number of halogens is 1. The van der Waals surface area contributed by atoms with E-state index in [0.29, 0.717) is 19.2 Å². The number of unbranched alkanes of at least 4 members (excludes halogenated alkanes) is 1. The minimum atomic E-state index is 0.328. The zero-order chi connectivity index (χ0) is 19.9. The first-order valence-electron chi connectivity index (χ1n) is 10.2. The summed E-state index contributed by atoms with van der Waals surface area (Å²) in [6.07, 6.45) is 3.47. The standard InChI is InChI=1S/C20H31ClN6O/c1-4-5-6-18(20-22-23-24-27(20)13-14-28-3)25-9-11-26(12-10-25)19-15-17(21)8-7-16(19)2/h7-8,15,18H,4-6,9-14H2,1-3H3/p+1/t18-/m0/s1. The van der Waals surface area contributed by atoms with Crippen molar-refractivity contribution in [3.63, 3.8) is 0 Å². The molecule has 28 heavy (non-hydrogen) atoms. The van der Waals surface area contributed by atoms with Gasteiger partial charge in [-0.15, -0.1) is 5.10 Å². The van der Waals surface area contributed by atoms with E-state index in [2.05, 4.69) is 46.4 Å². The minimum Gasteiger partial charge on any atom is -0.383 e. The summed E-state index contributed by atoms with van der Waals surface area (Å²) in [5.74, 6) is 0.993. The number of rotatable bonds is 9. The molecule has 0 spiro atoms. The molecular weight excluding hydrogens is 376 g/mol. The lowest BCUT2D eigenvalue weighted by Crippen LogP contribution is -3.15. The average Bonchev–Trinajstić information content (AvgIpc) is 3.17. The number of aryl methyl sites for hydroxylation is 1. The third kappa shape index (κ3) is 5.01. The molecule has 0 bridgehead atoms. The molecule has 1 N–H and O–H groups in total. The van der Waals surface area contributed by atoms with Gasteiger partial charge < -0.3 is 14.5 Å². The van der Waals surface area contributed by atoms with Gasteiger partial charge >= 0.3 is 0 Å². The number of nitrogens with zero attached hydrogens (tertiary/aromatic N) is 5. The van der Waals surface area contributed by atoms with Gasteiger partial charge in [0.05, 0.1) is 39.3 Å². The van der Waals surface area contributed by atoms with Gasteiger partial charge in [0.15, 0.2) is 0 Å². The Kier molecular flexibility index (Phi) is 7.65. The van der Waals surface area contributed by atoms with E-state index in [4.69, 9.17) is 16.3 Å². The van der Waals surface area contributed by atoms with Crippen LogP contribution in [-0.4, -0.2) is 60.1 Å². The molecule has 0 aliphatic carbocycles. The SMILES string of the molecule is CCCC[C@@H](c1nnnn1CCOC)[NH+]1CCN(c2cc(Cl)ccc2C)CC1. The largest absolute Gasteiger partial charge is 0.383 e. The number of tetrazole rings is 1. The fourth-order valence-corrected chi connectivity index (χ4v) is 4.20. The van der Waals surface area contributed by atoms with Gasteiger partial charge in [-0.2, -0.15) is 0 Å². The van der Waals surface area contributed by atoms with Crippen molar-refractivity contribution in [2.75, 3.05) is 44.8 Å². The first-order chi connectivity index (χ1) is 13.6. The van der Waals surface area contributed by atoms with E-state index in [-0.39, 0.29) is 0 Å². The summed E-state index contributed by atoms with van der Waals surface area (Å²) in [4.78, 5) is 4.02. The van der Waals surface area contributed by atoms with Crippen LogP contribution in [-0.2, 0) is 11.3 Å². The quantitative estimate of drug-likeness (QED) is 0.688. The van der Waals surface area contributed by atoms with E-state index in [9.17, 15) is 0 Å². The van der Waals surface area contributed by atoms with Crippen molar-refractivity contribution < 1.29 is 9.64 Å². The summed E-state index contributed by atoms with van der Waals surface area (Å²) >= 11 is 6.23. The third-order valence-corrected chi connectivity index (χ3v) is 5.87. The molecule has 154 valence electrons. The Labute approximate surface area is 172 Å². The Morgan fingerprint density at radius 3 is 2.79 bits per heavy atom. The van der Waals surface area contributed by atoms with Crippen LogP contribution in [0.3, 0.4) is 0 Å². The van der Waals surface area contributed by atoms with E-state index in [1.54, 1.807) is 12.0 Å². The van der Waals surface area contributed by atoms with Gasteiger partial charge in [-0.1, -0.05) is 31.0 Å². The number of aromatic nitrogens is 4. The number of ether oxygens (including phenoxy) is 1. The van der Waals surface area contributed by atoms with Gasteiger partial charge in [0.1, 0.15) is 6.04 Å². The number of nitrogens with one attached hydrogen (secondary N) is 1. The summed E-state index contributed by atoms with van der Waals surface area (Å²) in [5.41, 5.74) is 2.53. The predicted molar refractivity (Wildman–Crippen MR) is 111 cm³/mol. The zero-order valence-corrected chi connectivity index (χ0v) is 18.0. The fourth-order valence-electron chi connectivity index (χ4n) is 4.03. The maximum Gasteiger partial charge on any atom is 0.209 e. The number of quaternary nitrogens is 1. The van der Waals surface area contributed by atoms with E-state index in [1.807, 2.05) is 10.7 Å². The molecule has 3 rings (SSSR count). The predicted octanol–water partition coefficient (Wildman–Crippen LogP) is 1.92. The Balaban J connectivity index is 1.71. The normalized spacial score (nSPS) is 16.5. The molecule has 2 heterocycles.